The highest BCUT2D eigenvalue weighted by Crippen LogP contribution is 2.14. The number of halogens is 1. The van der Waals surface area contributed by atoms with E-state index in [0.29, 0.717) is 17.4 Å². The molecule has 8 heteroatoms. The first kappa shape index (κ1) is 15.9. The minimum absolute atomic E-state index is 0.149. The fourth-order valence-electron chi connectivity index (χ4n) is 2.13. The van der Waals surface area contributed by atoms with Gasteiger partial charge in [-0.25, -0.2) is 9.36 Å². The number of nitrogens with one attached hydrogen (secondary N) is 1. The second-order valence-corrected chi connectivity index (χ2v) is 5.57. The Morgan fingerprint density at radius 2 is 1.92 bits per heavy atom. The van der Waals surface area contributed by atoms with Gasteiger partial charge in [-0.2, -0.15) is 10.2 Å². The van der Waals surface area contributed by atoms with Crippen molar-refractivity contribution in [3.63, 3.8) is 0 Å². The Morgan fingerprint density at radius 3 is 2.62 bits per heavy atom. The van der Waals surface area contributed by atoms with Crippen LogP contribution in [0.5, 0.6) is 0 Å². The molecule has 0 spiro atoms. The molecule has 0 unspecified atom stereocenters. The average Bonchev–Trinajstić information content (AvgIpc) is 2.99. The SMILES string of the molecule is Cn1nc(C(=O)Nc2ccnn2Cc2ccc(Cl)cc2)ccc1=O. The van der Waals surface area contributed by atoms with Crippen LogP contribution in [0.2, 0.25) is 5.02 Å². The van der Waals surface area contributed by atoms with E-state index in [1.54, 1.807) is 29.1 Å². The molecule has 24 heavy (non-hydrogen) atoms. The lowest BCUT2D eigenvalue weighted by atomic mass is 10.2. The van der Waals surface area contributed by atoms with E-state index in [2.05, 4.69) is 15.5 Å². The summed E-state index contributed by atoms with van der Waals surface area (Å²) in [6.07, 6.45) is 1.60. The Balaban J connectivity index is 1.77. The molecule has 0 radical (unpaired) electrons. The topological polar surface area (TPSA) is 81.8 Å². The standard InChI is InChI=1S/C16H14ClN5O2/c1-21-15(23)7-6-13(20-21)16(24)19-14-8-9-18-22(14)10-11-2-4-12(17)5-3-11/h2-9H,10H2,1H3,(H,19,24). The molecule has 2 heterocycles. The average molecular weight is 344 g/mol. The lowest BCUT2D eigenvalue weighted by molar-refractivity contribution is 0.101. The third-order valence-electron chi connectivity index (χ3n) is 3.40. The second kappa shape index (κ2) is 6.67. The van der Waals surface area contributed by atoms with Crippen LogP contribution in [0.3, 0.4) is 0 Å². The third kappa shape index (κ3) is 3.52. The number of carbonyl (C=O) groups excluding carboxylic acids is 1. The van der Waals surface area contributed by atoms with Crippen molar-refractivity contribution >= 4 is 23.3 Å². The molecule has 122 valence electrons. The molecule has 0 aliphatic heterocycles. The normalized spacial score (nSPS) is 10.6. The van der Waals surface area contributed by atoms with Crippen molar-refractivity contribution in [2.75, 3.05) is 5.32 Å². The largest absolute Gasteiger partial charge is 0.305 e. The summed E-state index contributed by atoms with van der Waals surface area (Å²) < 4.78 is 2.77. The third-order valence-corrected chi connectivity index (χ3v) is 3.65. The van der Waals surface area contributed by atoms with Crippen LogP contribution in [0, 0.1) is 0 Å². The van der Waals surface area contributed by atoms with E-state index in [9.17, 15) is 9.59 Å². The predicted octanol–water partition coefficient (Wildman–Crippen LogP) is 1.93. The van der Waals surface area contributed by atoms with Gasteiger partial charge in [-0.05, 0) is 23.8 Å². The number of carbonyl (C=O) groups is 1. The van der Waals surface area contributed by atoms with E-state index < -0.39 is 5.91 Å². The number of amides is 1. The maximum absolute atomic E-state index is 12.3. The highest BCUT2D eigenvalue weighted by atomic mass is 35.5. The van der Waals surface area contributed by atoms with Crippen LogP contribution in [0.1, 0.15) is 16.1 Å². The van der Waals surface area contributed by atoms with Crippen LogP contribution >= 0.6 is 11.6 Å². The fraction of sp³-hybridized carbons (Fsp3) is 0.125. The first-order valence-electron chi connectivity index (χ1n) is 7.15. The van der Waals surface area contributed by atoms with Crippen molar-refractivity contribution < 1.29 is 4.79 Å². The number of rotatable bonds is 4. The van der Waals surface area contributed by atoms with Crippen molar-refractivity contribution in [3.8, 4) is 0 Å². The maximum atomic E-state index is 12.3. The zero-order chi connectivity index (χ0) is 17.1. The van der Waals surface area contributed by atoms with E-state index in [1.165, 1.54) is 19.2 Å². The van der Waals surface area contributed by atoms with Crippen LogP contribution in [-0.4, -0.2) is 25.5 Å². The lowest BCUT2D eigenvalue weighted by Gasteiger charge is -2.09. The summed E-state index contributed by atoms with van der Waals surface area (Å²) in [6.45, 7) is 0.487. The minimum Gasteiger partial charge on any atom is -0.305 e. The summed E-state index contributed by atoms with van der Waals surface area (Å²) in [6, 6.07) is 11.8. The van der Waals surface area contributed by atoms with E-state index in [4.69, 9.17) is 11.6 Å². The van der Waals surface area contributed by atoms with Gasteiger partial charge < -0.3 is 5.32 Å². The number of aryl methyl sites for hydroxylation is 1. The molecule has 2 aromatic heterocycles. The second-order valence-electron chi connectivity index (χ2n) is 5.14. The van der Waals surface area contributed by atoms with Gasteiger partial charge in [-0.15, -0.1) is 0 Å². The van der Waals surface area contributed by atoms with E-state index >= 15 is 0 Å². The molecule has 0 fully saturated rings. The van der Waals surface area contributed by atoms with Crippen LogP contribution in [0.4, 0.5) is 5.82 Å². The monoisotopic (exact) mass is 343 g/mol. The number of benzene rings is 1. The van der Waals surface area contributed by atoms with Gasteiger partial charge in [0, 0.05) is 24.2 Å². The molecule has 0 atom stereocenters. The van der Waals surface area contributed by atoms with Gasteiger partial charge in [-0.3, -0.25) is 9.59 Å². The molecule has 0 aliphatic carbocycles. The highest BCUT2D eigenvalue weighted by Gasteiger charge is 2.12. The number of nitrogens with zero attached hydrogens (tertiary/aromatic N) is 4. The molecule has 0 bridgehead atoms. The molecular formula is C16H14ClN5O2. The van der Waals surface area contributed by atoms with Crippen molar-refractivity contribution in [2.45, 2.75) is 6.54 Å². The zero-order valence-corrected chi connectivity index (χ0v) is 13.6. The number of hydrogen-bond donors (Lipinski definition) is 1. The Hall–Kier alpha value is -2.93. The molecular weight excluding hydrogens is 330 g/mol. The van der Waals surface area contributed by atoms with Gasteiger partial charge in [0.15, 0.2) is 0 Å². The Morgan fingerprint density at radius 1 is 1.17 bits per heavy atom. The highest BCUT2D eigenvalue weighted by molar-refractivity contribution is 6.30. The van der Waals surface area contributed by atoms with E-state index in [-0.39, 0.29) is 11.3 Å². The first-order valence-corrected chi connectivity index (χ1v) is 7.53. The molecule has 1 N–H and O–H groups in total. The van der Waals surface area contributed by atoms with Crippen molar-refractivity contribution in [3.05, 3.63) is 75.3 Å². The van der Waals surface area contributed by atoms with Gasteiger partial charge in [0.05, 0.1) is 12.7 Å². The summed E-state index contributed by atoms with van der Waals surface area (Å²) in [4.78, 5) is 23.6. The smallest absolute Gasteiger partial charge is 0.277 e. The van der Waals surface area contributed by atoms with Gasteiger partial charge in [0.25, 0.3) is 11.5 Å². The molecule has 0 aliphatic rings. The Labute approximate surface area is 142 Å². The van der Waals surface area contributed by atoms with Crippen LogP contribution in [0.25, 0.3) is 0 Å². The Kier molecular flexibility index (Phi) is 4.43. The van der Waals surface area contributed by atoms with Crippen LogP contribution < -0.4 is 10.9 Å². The summed E-state index contributed by atoms with van der Waals surface area (Å²) >= 11 is 5.87. The first-order chi connectivity index (χ1) is 11.5. The van der Waals surface area contributed by atoms with Crippen LogP contribution in [0.15, 0.2) is 53.5 Å². The number of anilines is 1. The minimum atomic E-state index is -0.413. The molecule has 3 aromatic rings. The zero-order valence-electron chi connectivity index (χ0n) is 12.8. The fourth-order valence-corrected chi connectivity index (χ4v) is 2.26. The molecule has 1 amide bonds. The Bertz CT molecular complexity index is 930. The summed E-state index contributed by atoms with van der Waals surface area (Å²) in [5.74, 6) is 0.119. The maximum Gasteiger partial charge on any atom is 0.277 e. The van der Waals surface area contributed by atoms with Crippen molar-refractivity contribution in [1.82, 2.24) is 19.6 Å². The summed E-state index contributed by atoms with van der Waals surface area (Å²) in [5, 5.41) is 11.5. The van der Waals surface area contributed by atoms with Gasteiger partial charge in [0.1, 0.15) is 11.5 Å². The van der Waals surface area contributed by atoms with E-state index in [1.807, 2.05) is 12.1 Å². The van der Waals surface area contributed by atoms with Crippen molar-refractivity contribution in [2.24, 2.45) is 7.05 Å². The number of hydrogen-bond acceptors (Lipinski definition) is 4. The van der Waals surface area contributed by atoms with Gasteiger partial charge >= 0.3 is 0 Å². The predicted molar refractivity (Wildman–Crippen MR) is 90.2 cm³/mol. The summed E-state index contributed by atoms with van der Waals surface area (Å²) in [7, 11) is 1.49. The molecule has 0 saturated heterocycles. The lowest BCUT2D eigenvalue weighted by Crippen LogP contribution is -2.24. The molecule has 3 rings (SSSR count). The van der Waals surface area contributed by atoms with Gasteiger partial charge in [-0.1, -0.05) is 23.7 Å². The quantitative estimate of drug-likeness (QED) is 0.784. The van der Waals surface area contributed by atoms with Gasteiger partial charge in [0.2, 0.25) is 0 Å². The molecule has 7 nitrogen and oxygen atoms in total. The van der Waals surface area contributed by atoms with Crippen molar-refractivity contribution in [1.29, 1.82) is 0 Å². The van der Waals surface area contributed by atoms with E-state index in [0.717, 1.165) is 10.2 Å². The summed E-state index contributed by atoms with van der Waals surface area (Å²) in [5.41, 5.74) is 0.870. The number of aromatic nitrogens is 4. The van der Waals surface area contributed by atoms with Crippen LogP contribution in [-0.2, 0) is 13.6 Å². The molecule has 1 aromatic carbocycles. The molecule has 0 saturated carbocycles.